The zero-order valence-electron chi connectivity index (χ0n) is 12.7. The lowest BCUT2D eigenvalue weighted by Crippen LogP contribution is -2.03. The number of anilines is 1. The number of rotatable bonds is 3. The molecule has 0 aliphatic carbocycles. The van der Waals surface area contributed by atoms with E-state index in [1.54, 1.807) is 11.8 Å². The predicted octanol–water partition coefficient (Wildman–Crippen LogP) is 2.54. The number of ether oxygens (including phenoxy) is 1. The topological polar surface area (TPSA) is 78.9 Å². The fraction of sp³-hybridized carbons (Fsp3) is 0.188. The van der Waals surface area contributed by atoms with E-state index in [2.05, 4.69) is 28.5 Å². The highest BCUT2D eigenvalue weighted by Crippen LogP contribution is 2.28. The van der Waals surface area contributed by atoms with Crippen LogP contribution in [0.4, 0.5) is 5.69 Å². The molecule has 0 saturated carbocycles. The summed E-state index contributed by atoms with van der Waals surface area (Å²) in [6.07, 6.45) is 0. The molecule has 0 fully saturated rings. The van der Waals surface area contributed by atoms with Gasteiger partial charge in [0.2, 0.25) is 0 Å². The Morgan fingerprint density at radius 3 is 2.59 bits per heavy atom. The standard InChI is InChI=1S/C16H17N5O/c1-10-4-6-14(11(2)8-10)21-16(18-19-20-21)12-5-7-15(22-3)13(17)9-12/h4-9H,17H2,1-3H3. The highest BCUT2D eigenvalue weighted by Gasteiger charge is 2.14. The fourth-order valence-corrected chi connectivity index (χ4v) is 2.45. The van der Waals surface area contributed by atoms with Gasteiger partial charge in [-0.1, -0.05) is 17.7 Å². The quantitative estimate of drug-likeness (QED) is 0.751. The maximum Gasteiger partial charge on any atom is 0.187 e. The molecule has 3 rings (SSSR count). The Morgan fingerprint density at radius 1 is 1.09 bits per heavy atom. The van der Waals surface area contributed by atoms with Gasteiger partial charge < -0.3 is 10.5 Å². The smallest absolute Gasteiger partial charge is 0.187 e. The maximum absolute atomic E-state index is 5.97. The van der Waals surface area contributed by atoms with E-state index in [1.165, 1.54) is 5.56 Å². The van der Waals surface area contributed by atoms with Gasteiger partial charge >= 0.3 is 0 Å². The molecule has 6 heteroatoms. The summed E-state index contributed by atoms with van der Waals surface area (Å²) in [6.45, 7) is 4.09. The third-order valence-corrected chi connectivity index (χ3v) is 3.54. The van der Waals surface area contributed by atoms with Crippen molar-refractivity contribution in [3.05, 3.63) is 47.5 Å². The minimum absolute atomic E-state index is 0.551. The highest BCUT2D eigenvalue weighted by atomic mass is 16.5. The van der Waals surface area contributed by atoms with Crippen molar-refractivity contribution >= 4 is 5.69 Å². The molecule has 1 aromatic heterocycles. The first-order chi connectivity index (χ1) is 10.6. The molecule has 0 bridgehead atoms. The Balaban J connectivity index is 2.11. The molecule has 0 radical (unpaired) electrons. The number of hydrogen-bond donors (Lipinski definition) is 1. The SMILES string of the molecule is COc1ccc(-c2nnnn2-c2ccc(C)cc2C)cc1N. The second kappa shape index (κ2) is 5.48. The van der Waals surface area contributed by atoms with Crippen LogP contribution < -0.4 is 10.5 Å². The molecule has 0 aliphatic heterocycles. The Labute approximate surface area is 128 Å². The zero-order valence-corrected chi connectivity index (χ0v) is 12.7. The lowest BCUT2D eigenvalue weighted by atomic mass is 10.1. The van der Waals surface area contributed by atoms with E-state index in [0.717, 1.165) is 16.8 Å². The molecule has 0 saturated heterocycles. The molecule has 0 aliphatic rings. The minimum atomic E-state index is 0.551. The van der Waals surface area contributed by atoms with Crippen LogP contribution in [-0.2, 0) is 0 Å². The van der Waals surface area contributed by atoms with E-state index >= 15 is 0 Å². The van der Waals surface area contributed by atoms with Crippen LogP contribution in [0.1, 0.15) is 11.1 Å². The first kappa shape index (κ1) is 14.1. The fourth-order valence-electron chi connectivity index (χ4n) is 2.45. The molecule has 3 aromatic rings. The van der Waals surface area contributed by atoms with Gasteiger partial charge in [0, 0.05) is 5.56 Å². The lowest BCUT2D eigenvalue weighted by molar-refractivity contribution is 0.417. The van der Waals surface area contributed by atoms with Gasteiger partial charge in [-0.25, -0.2) is 0 Å². The summed E-state index contributed by atoms with van der Waals surface area (Å²) in [5, 5.41) is 12.0. The van der Waals surface area contributed by atoms with Gasteiger partial charge in [0.15, 0.2) is 5.82 Å². The minimum Gasteiger partial charge on any atom is -0.495 e. The average Bonchev–Trinajstić information content (AvgIpc) is 2.96. The van der Waals surface area contributed by atoms with E-state index in [1.807, 2.05) is 37.3 Å². The number of nitrogens with two attached hydrogens (primary N) is 1. The van der Waals surface area contributed by atoms with Gasteiger partial charge in [0.1, 0.15) is 5.75 Å². The van der Waals surface area contributed by atoms with Crippen molar-refractivity contribution in [2.24, 2.45) is 0 Å². The van der Waals surface area contributed by atoms with Crippen LogP contribution in [0.3, 0.4) is 0 Å². The molecule has 0 atom stereocenters. The van der Waals surface area contributed by atoms with Crippen molar-refractivity contribution in [1.29, 1.82) is 0 Å². The molecule has 0 amide bonds. The summed E-state index contributed by atoms with van der Waals surface area (Å²) in [5.41, 5.74) is 10.6. The lowest BCUT2D eigenvalue weighted by Gasteiger charge is -2.10. The molecule has 0 unspecified atom stereocenters. The van der Waals surface area contributed by atoms with E-state index in [4.69, 9.17) is 10.5 Å². The van der Waals surface area contributed by atoms with Crippen LogP contribution in [0.5, 0.6) is 5.75 Å². The van der Waals surface area contributed by atoms with Crippen molar-refractivity contribution in [3.8, 4) is 22.8 Å². The van der Waals surface area contributed by atoms with Gasteiger partial charge in [0.25, 0.3) is 0 Å². The Hall–Kier alpha value is -2.89. The van der Waals surface area contributed by atoms with Crippen LogP contribution in [0, 0.1) is 13.8 Å². The molecule has 0 spiro atoms. The molecule has 2 N–H and O–H groups in total. The van der Waals surface area contributed by atoms with Crippen molar-refractivity contribution in [3.63, 3.8) is 0 Å². The molecular weight excluding hydrogens is 278 g/mol. The molecule has 22 heavy (non-hydrogen) atoms. The number of nitrogens with zero attached hydrogens (tertiary/aromatic N) is 4. The van der Waals surface area contributed by atoms with Crippen LogP contribution in [0.25, 0.3) is 17.1 Å². The van der Waals surface area contributed by atoms with Crippen molar-refractivity contribution in [1.82, 2.24) is 20.2 Å². The van der Waals surface area contributed by atoms with E-state index < -0.39 is 0 Å². The third-order valence-electron chi connectivity index (χ3n) is 3.54. The number of tetrazole rings is 1. The second-order valence-corrected chi connectivity index (χ2v) is 5.16. The Morgan fingerprint density at radius 2 is 1.91 bits per heavy atom. The van der Waals surface area contributed by atoms with Gasteiger partial charge in [-0.15, -0.1) is 5.10 Å². The normalized spacial score (nSPS) is 10.7. The van der Waals surface area contributed by atoms with Gasteiger partial charge in [0.05, 0.1) is 18.5 Å². The highest BCUT2D eigenvalue weighted by molar-refractivity contribution is 5.67. The number of benzene rings is 2. The Kier molecular flexibility index (Phi) is 3.50. The number of aromatic nitrogens is 4. The molecule has 6 nitrogen and oxygen atoms in total. The molecular formula is C16H17N5O. The van der Waals surface area contributed by atoms with E-state index in [0.29, 0.717) is 17.3 Å². The van der Waals surface area contributed by atoms with E-state index in [9.17, 15) is 0 Å². The molecule has 2 aromatic carbocycles. The van der Waals surface area contributed by atoms with Crippen molar-refractivity contribution < 1.29 is 4.74 Å². The number of aryl methyl sites for hydroxylation is 2. The van der Waals surface area contributed by atoms with Gasteiger partial charge in [-0.2, -0.15) is 4.68 Å². The number of hydrogen-bond acceptors (Lipinski definition) is 5. The predicted molar refractivity (Wildman–Crippen MR) is 85.0 cm³/mol. The largest absolute Gasteiger partial charge is 0.495 e. The number of nitrogen functional groups attached to an aromatic ring is 1. The van der Waals surface area contributed by atoms with Gasteiger partial charge in [-0.3, -0.25) is 0 Å². The van der Waals surface area contributed by atoms with Crippen molar-refractivity contribution in [2.75, 3.05) is 12.8 Å². The summed E-state index contributed by atoms with van der Waals surface area (Å²) in [6, 6.07) is 11.7. The summed E-state index contributed by atoms with van der Waals surface area (Å²) < 4.78 is 6.90. The second-order valence-electron chi connectivity index (χ2n) is 5.16. The van der Waals surface area contributed by atoms with E-state index in [-0.39, 0.29) is 0 Å². The summed E-state index contributed by atoms with van der Waals surface area (Å²) in [5.74, 6) is 1.27. The summed E-state index contributed by atoms with van der Waals surface area (Å²) in [7, 11) is 1.59. The van der Waals surface area contributed by atoms with Gasteiger partial charge in [-0.05, 0) is 54.1 Å². The first-order valence-corrected chi connectivity index (χ1v) is 6.90. The third kappa shape index (κ3) is 2.39. The monoisotopic (exact) mass is 295 g/mol. The van der Waals surface area contributed by atoms with Crippen LogP contribution in [0.2, 0.25) is 0 Å². The summed E-state index contributed by atoms with van der Waals surface area (Å²) >= 11 is 0. The van der Waals surface area contributed by atoms with Crippen LogP contribution in [0.15, 0.2) is 36.4 Å². The maximum atomic E-state index is 5.97. The Bertz CT molecular complexity index is 825. The molecule has 1 heterocycles. The van der Waals surface area contributed by atoms with Crippen LogP contribution in [-0.4, -0.2) is 27.3 Å². The van der Waals surface area contributed by atoms with Crippen molar-refractivity contribution in [2.45, 2.75) is 13.8 Å². The van der Waals surface area contributed by atoms with Crippen LogP contribution >= 0.6 is 0 Å². The number of methoxy groups -OCH3 is 1. The average molecular weight is 295 g/mol. The first-order valence-electron chi connectivity index (χ1n) is 6.90. The zero-order chi connectivity index (χ0) is 15.7. The molecule has 112 valence electrons. The summed E-state index contributed by atoms with van der Waals surface area (Å²) in [4.78, 5) is 0.